The van der Waals surface area contributed by atoms with E-state index in [-0.39, 0.29) is 11.9 Å². The monoisotopic (exact) mass is 365 g/mol. The number of nitrogens with zero attached hydrogens (tertiary/aromatic N) is 4. The summed E-state index contributed by atoms with van der Waals surface area (Å²) < 4.78 is 27.1. The van der Waals surface area contributed by atoms with Crippen molar-refractivity contribution in [2.75, 3.05) is 0 Å². The van der Waals surface area contributed by atoms with E-state index in [9.17, 15) is 8.78 Å². The Labute approximate surface area is 154 Å². The molecule has 0 aliphatic heterocycles. The van der Waals surface area contributed by atoms with E-state index in [0.29, 0.717) is 5.69 Å². The van der Waals surface area contributed by atoms with Crippen LogP contribution in [0.25, 0.3) is 22.5 Å². The molecule has 7 heteroatoms. The lowest BCUT2D eigenvalue weighted by molar-refractivity contribution is 0.141. The molecule has 0 fully saturated rings. The summed E-state index contributed by atoms with van der Waals surface area (Å²) in [7, 11) is 0. The van der Waals surface area contributed by atoms with Crippen LogP contribution in [-0.4, -0.2) is 25.0 Å². The summed E-state index contributed by atoms with van der Waals surface area (Å²) in [4.78, 5) is 6.34. The molecular formula is C20H17F2N5. The zero-order chi connectivity index (χ0) is 18.8. The molecule has 1 atom stereocenters. The highest BCUT2D eigenvalue weighted by Gasteiger charge is 2.14. The third kappa shape index (κ3) is 3.48. The van der Waals surface area contributed by atoms with E-state index in [1.807, 2.05) is 72.4 Å². The molecule has 1 N–H and O–H groups in total. The van der Waals surface area contributed by atoms with Gasteiger partial charge in [0.15, 0.2) is 5.82 Å². The van der Waals surface area contributed by atoms with Gasteiger partial charge in [0.1, 0.15) is 5.69 Å². The van der Waals surface area contributed by atoms with E-state index < -0.39 is 6.43 Å². The summed E-state index contributed by atoms with van der Waals surface area (Å²) in [5.74, 6) is -0.321. The van der Waals surface area contributed by atoms with Crippen LogP contribution in [-0.2, 0) is 0 Å². The molecule has 1 unspecified atom stereocenters. The Bertz CT molecular complexity index is 1020. The molecule has 0 saturated carbocycles. The van der Waals surface area contributed by atoms with E-state index in [1.54, 1.807) is 0 Å². The summed E-state index contributed by atoms with van der Waals surface area (Å²) in [5.41, 5.74) is 4.24. The first-order chi connectivity index (χ1) is 13.1. The first-order valence-electron chi connectivity index (χ1n) is 8.52. The Kier molecular flexibility index (Phi) is 4.50. The zero-order valence-corrected chi connectivity index (χ0v) is 14.6. The van der Waals surface area contributed by atoms with Crippen molar-refractivity contribution in [1.82, 2.24) is 25.0 Å². The SMILES string of the molecule is CC(c1ccc(-c2cnc(C(F)F)[nH]2)cc1)n1cc(-c2ccccc2)nn1. The number of aromatic amines is 1. The van der Waals surface area contributed by atoms with Crippen molar-refractivity contribution in [3.8, 4) is 22.5 Å². The molecule has 5 nitrogen and oxygen atoms in total. The molecule has 136 valence electrons. The van der Waals surface area contributed by atoms with Crippen LogP contribution in [0.15, 0.2) is 67.0 Å². The van der Waals surface area contributed by atoms with Crippen LogP contribution in [0.5, 0.6) is 0 Å². The van der Waals surface area contributed by atoms with Crippen LogP contribution in [0.4, 0.5) is 8.78 Å². The van der Waals surface area contributed by atoms with Gasteiger partial charge in [0.05, 0.1) is 24.1 Å². The fourth-order valence-corrected chi connectivity index (χ4v) is 2.90. The number of H-pyrrole nitrogens is 1. The van der Waals surface area contributed by atoms with Crippen LogP contribution >= 0.6 is 0 Å². The molecule has 2 aromatic heterocycles. The van der Waals surface area contributed by atoms with E-state index in [1.165, 1.54) is 6.20 Å². The van der Waals surface area contributed by atoms with Gasteiger partial charge in [-0.3, -0.25) is 0 Å². The first-order valence-corrected chi connectivity index (χ1v) is 8.52. The van der Waals surface area contributed by atoms with Gasteiger partial charge in [0, 0.05) is 5.56 Å². The average Bonchev–Trinajstić information content (AvgIpc) is 3.38. The Balaban J connectivity index is 1.54. The van der Waals surface area contributed by atoms with Crippen LogP contribution in [0.3, 0.4) is 0 Å². The van der Waals surface area contributed by atoms with Crippen molar-refractivity contribution in [3.63, 3.8) is 0 Å². The maximum Gasteiger partial charge on any atom is 0.295 e. The minimum atomic E-state index is -2.61. The number of benzene rings is 2. The number of rotatable bonds is 5. The van der Waals surface area contributed by atoms with Crippen molar-refractivity contribution in [2.45, 2.75) is 19.4 Å². The highest BCUT2D eigenvalue weighted by molar-refractivity contribution is 5.59. The third-order valence-electron chi connectivity index (χ3n) is 4.48. The largest absolute Gasteiger partial charge is 0.337 e. The van der Waals surface area contributed by atoms with Crippen LogP contribution < -0.4 is 0 Å². The van der Waals surface area contributed by atoms with Crippen LogP contribution in [0.1, 0.15) is 30.8 Å². The van der Waals surface area contributed by atoms with Gasteiger partial charge < -0.3 is 4.98 Å². The molecule has 0 saturated heterocycles. The average molecular weight is 365 g/mol. The van der Waals surface area contributed by atoms with Gasteiger partial charge in [-0.15, -0.1) is 5.10 Å². The molecule has 0 spiro atoms. The summed E-state index contributed by atoms with van der Waals surface area (Å²) in [5, 5.41) is 8.49. The maximum absolute atomic E-state index is 12.7. The molecular weight excluding hydrogens is 348 g/mol. The third-order valence-corrected chi connectivity index (χ3v) is 4.48. The summed E-state index contributed by atoms with van der Waals surface area (Å²) >= 11 is 0. The molecule has 0 aliphatic rings. The first kappa shape index (κ1) is 17.1. The topological polar surface area (TPSA) is 59.4 Å². The molecule has 27 heavy (non-hydrogen) atoms. The number of alkyl halides is 2. The number of nitrogens with one attached hydrogen (secondary N) is 1. The normalized spacial score (nSPS) is 12.4. The summed E-state index contributed by atoms with van der Waals surface area (Å²) in [6.07, 6.45) is 0.727. The lowest BCUT2D eigenvalue weighted by atomic mass is 10.0. The Hall–Kier alpha value is -3.35. The molecule has 0 radical (unpaired) electrons. The zero-order valence-electron chi connectivity index (χ0n) is 14.6. The molecule has 0 amide bonds. The fourth-order valence-electron chi connectivity index (χ4n) is 2.90. The standard InChI is InChI=1S/C20H17F2N5/c1-13(27-12-18(25-26-27)15-5-3-2-4-6-15)14-7-9-16(10-8-14)17-11-23-20(24-17)19(21)22/h2-13,19H,1H3,(H,23,24). The van der Waals surface area contributed by atoms with Crippen molar-refractivity contribution in [2.24, 2.45) is 0 Å². The fraction of sp³-hybridized carbons (Fsp3) is 0.150. The van der Waals surface area contributed by atoms with E-state index >= 15 is 0 Å². The molecule has 0 aliphatic carbocycles. The minimum Gasteiger partial charge on any atom is -0.337 e. The molecule has 0 bridgehead atoms. The smallest absolute Gasteiger partial charge is 0.295 e. The van der Waals surface area contributed by atoms with Gasteiger partial charge in [0.2, 0.25) is 0 Å². The highest BCUT2D eigenvalue weighted by Crippen LogP contribution is 2.25. The Morgan fingerprint density at radius 1 is 0.963 bits per heavy atom. The molecule has 4 rings (SSSR count). The number of hydrogen-bond acceptors (Lipinski definition) is 3. The predicted octanol–water partition coefficient (Wildman–Crippen LogP) is 4.88. The lowest BCUT2D eigenvalue weighted by Gasteiger charge is -2.12. The van der Waals surface area contributed by atoms with Crippen molar-refractivity contribution in [1.29, 1.82) is 0 Å². The van der Waals surface area contributed by atoms with Gasteiger partial charge >= 0.3 is 0 Å². The maximum atomic E-state index is 12.7. The van der Waals surface area contributed by atoms with Crippen LogP contribution in [0.2, 0.25) is 0 Å². The van der Waals surface area contributed by atoms with Crippen LogP contribution in [0, 0.1) is 0 Å². The molecule has 2 aromatic carbocycles. The quantitative estimate of drug-likeness (QED) is 0.548. The Morgan fingerprint density at radius 3 is 2.37 bits per heavy atom. The second-order valence-electron chi connectivity index (χ2n) is 6.23. The van der Waals surface area contributed by atoms with Gasteiger partial charge in [-0.05, 0) is 18.1 Å². The summed E-state index contributed by atoms with van der Waals surface area (Å²) in [6.45, 7) is 2.03. The number of imidazole rings is 1. The van der Waals surface area contributed by atoms with Gasteiger partial charge in [0.25, 0.3) is 6.43 Å². The Morgan fingerprint density at radius 2 is 1.70 bits per heavy atom. The second kappa shape index (κ2) is 7.11. The minimum absolute atomic E-state index is 0.0117. The predicted molar refractivity (Wildman–Crippen MR) is 98.3 cm³/mol. The second-order valence-corrected chi connectivity index (χ2v) is 6.23. The number of hydrogen-bond donors (Lipinski definition) is 1. The number of halogens is 2. The van der Waals surface area contributed by atoms with Crippen molar-refractivity contribution >= 4 is 0 Å². The highest BCUT2D eigenvalue weighted by atomic mass is 19.3. The molecule has 4 aromatic rings. The number of aromatic nitrogens is 5. The van der Waals surface area contributed by atoms with E-state index in [0.717, 1.165) is 22.4 Å². The molecule has 2 heterocycles. The van der Waals surface area contributed by atoms with E-state index in [2.05, 4.69) is 20.3 Å². The van der Waals surface area contributed by atoms with Crippen molar-refractivity contribution in [3.05, 3.63) is 78.4 Å². The van der Waals surface area contributed by atoms with Gasteiger partial charge in [-0.2, -0.15) is 0 Å². The van der Waals surface area contributed by atoms with E-state index in [4.69, 9.17) is 0 Å². The van der Waals surface area contributed by atoms with Crippen molar-refractivity contribution < 1.29 is 8.78 Å². The van der Waals surface area contributed by atoms with Gasteiger partial charge in [-0.25, -0.2) is 18.4 Å². The van der Waals surface area contributed by atoms with Gasteiger partial charge in [-0.1, -0.05) is 59.8 Å². The lowest BCUT2D eigenvalue weighted by Crippen LogP contribution is -2.07. The summed E-state index contributed by atoms with van der Waals surface area (Å²) in [6, 6.07) is 17.5.